The summed E-state index contributed by atoms with van der Waals surface area (Å²) in [6, 6.07) is 9.87. The molecule has 0 amide bonds. The maximum Gasteiger partial charge on any atom is 0.309 e. The number of halogens is 2. The van der Waals surface area contributed by atoms with Crippen molar-refractivity contribution in [1.82, 2.24) is 0 Å². The van der Waals surface area contributed by atoms with Crippen molar-refractivity contribution in [1.29, 1.82) is 0 Å². The van der Waals surface area contributed by atoms with Crippen molar-refractivity contribution < 1.29 is 23.5 Å². The lowest BCUT2D eigenvalue weighted by atomic mass is 9.83. The van der Waals surface area contributed by atoms with Crippen molar-refractivity contribution in [2.45, 2.75) is 38.2 Å². The average molecular weight is 417 g/mol. The monoisotopic (exact) mass is 416 g/mol. The Morgan fingerprint density at radius 1 is 1.21 bits per heavy atom. The minimum atomic E-state index is -0.770. The van der Waals surface area contributed by atoms with Crippen LogP contribution in [0, 0.1) is 17.7 Å². The smallest absolute Gasteiger partial charge is 0.309 e. The zero-order valence-corrected chi connectivity index (χ0v) is 17.0. The molecule has 1 heterocycles. The number of Topliss-reactive ketones (excluding diaryl/α,β-unsaturated/α-hetero) is 1. The Kier molecular flexibility index (Phi) is 5.34. The molecule has 0 aromatic heterocycles. The van der Waals surface area contributed by atoms with E-state index in [2.05, 4.69) is 0 Å². The summed E-state index contributed by atoms with van der Waals surface area (Å²) in [5.41, 5.74) is 1.89. The summed E-state index contributed by atoms with van der Waals surface area (Å²) in [5, 5.41) is 0.241. The fraction of sp³-hybridized carbons (Fsp3) is 0.391. The number of carbonyl (C=O) groups is 2. The first kappa shape index (κ1) is 19.9. The molecule has 0 saturated heterocycles. The molecule has 0 radical (unpaired) electrons. The van der Waals surface area contributed by atoms with Crippen LogP contribution in [0.3, 0.4) is 0 Å². The molecule has 152 valence electrons. The van der Waals surface area contributed by atoms with Gasteiger partial charge in [-0.15, -0.1) is 0 Å². The van der Waals surface area contributed by atoms with Gasteiger partial charge in [0.25, 0.3) is 0 Å². The van der Waals surface area contributed by atoms with Crippen LogP contribution >= 0.6 is 11.6 Å². The van der Waals surface area contributed by atoms with Crippen LogP contribution in [0.2, 0.25) is 5.02 Å². The summed E-state index contributed by atoms with van der Waals surface area (Å²) >= 11 is 5.77. The number of benzene rings is 2. The lowest BCUT2D eigenvalue weighted by molar-refractivity contribution is -0.145. The van der Waals surface area contributed by atoms with Crippen LogP contribution in [-0.4, -0.2) is 25.0 Å². The predicted octanol–water partition coefficient (Wildman–Crippen LogP) is 4.97. The van der Waals surface area contributed by atoms with E-state index in [1.165, 1.54) is 19.2 Å². The van der Waals surface area contributed by atoms with Crippen LogP contribution in [0.25, 0.3) is 0 Å². The van der Waals surface area contributed by atoms with E-state index in [1.54, 1.807) is 0 Å². The van der Waals surface area contributed by atoms with Crippen molar-refractivity contribution in [3.8, 4) is 5.75 Å². The van der Waals surface area contributed by atoms with Gasteiger partial charge in [-0.1, -0.05) is 30.7 Å². The third-order valence-corrected chi connectivity index (χ3v) is 6.12. The van der Waals surface area contributed by atoms with Crippen LogP contribution in [-0.2, 0) is 16.0 Å². The van der Waals surface area contributed by atoms with Crippen LogP contribution in [0.5, 0.6) is 5.75 Å². The second-order valence-electron chi connectivity index (χ2n) is 7.84. The van der Waals surface area contributed by atoms with Gasteiger partial charge in [0.15, 0.2) is 6.10 Å². The standard InChI is InChI=1S/C23H22ClFO4/c1-12(23(27)28-2)21(13-3-4-13)15-6-5-14-9-20(29-19(14)10-15)22(26)17-8-7-16(24)11-18(17)25/h5-8,10-13,20-21H,3-4,9H2,1-2H3/t12-,20?,21-/m0/s1. The fourth-order valence-electron chi connectivity index (χ4n) is 4.22. The zero-order valence-electron chi connectivity index (χ0n) is 16.3. The average Bonchev–Trinajstić information content (AvgIpc) is 3.44. The van der Waals surface area contributed by atoms with Gasteiger partial charge >= 0.3 is 5.97 Å². The van der Waals surface area contributed by atoms with E-state index in [4.69, 9.17) is 21.1 Å². The summed E-state index contributed by atoms with van der Waals surface area (Å²) in [7, 11) is 1.40. The highest BCUT2D eigenvalue weighted by Crippen LogP contribution is 2.48. The Balaban J connectivity index is 1.56. The van der Waals surface area contributed by atoms with Gasteiger partial charge < -0.3 is 9.47 Å². The minimum absolute atomic E-state index is 0.0254. The number of fused-ring (bicyclic) bond motifs is 1. The molecule has 0 N–H and O–H groups in total. The van der Waals surface area contributed by atoms with Crippen LogP contribution in [0.4, 0.5) is 4.39 Å². The number of ketones is 1. The van der Waals surface area contributed by atoms with Gasteiger partial charge in [0.05, 0.1) is 18.6 Å². The number of esters is 1. The number of carbonyl (C=O) groups excluding carboxylic acids is 2. The Hall–Kier alpha value is -2.40. The molecule has 2 aliphatic rings. The third kappa shape index (κ3) is 3.88. The molecule has 0 bridgehead atoms. The molecular weight excluding hydrogens is 395 g/mol. The molecule has 2 aromatic carbocycles. The van der Waals surface area contributed by atoms with Gasteiger partial charge in [0.2, 0.25) is 5.78 Å². The van der Waals surface area contributed by atoms with Crippen LogP contribution < -0.4 is 4.74 Å². The van der Waals surface area contributed by atoms with Crippen molar-refractivity contribution >= 4 is 23.4 Å². The molecule has 3 atom stereocenters. The van der Waals surface area contributed by atoms with Gasteiger partial charge in [0, 0.05) is 11.4 Å². The highest BCUT2D eigenvalue weighted by molar-refractivity contribution is 6.30. The van der Waals surface area contributed by atoms with E-state index in [0.717, 1.165) is 30.0 Å². The number of ether oxygens (including phenoxy) is 2. The van der Waals surface area contributed by atoms with Crippen molar-refractivity contribution in [2.24, 2.45) is 11.8 Å². The molecule has 29 heavy (non-hydrogen) atoms. The molecule has 2 aromatic rings. The number of hydrogen-bond donors (Lipinski definition) is 0. The summed E-state index contributed by atoms with van der Waals surface area (Å²) in [4.78, 5) is 24.9. The van der Waals surface area contributed by atoms with E-state index < -0.39 is 17.7 Å². The van der Waals surface area contributed by atoms with E-state index in [-0.39, 0.29) is 28.4 Å². The van der Waals surface area contributed by atoms with Crippen molar-refractivity contribution in [2.75, 3.05) is 7.11 Å². The normalized spacial score (nSPS) is 19.8. The highest BCUT2D eigenvalue weighted by Gasteiger charge is 2.40. The summed E-state index contributed by atoms with van der Waals surface area (Å²) in [5.74, 6) is -0.411. The van der Waals surface area contributed by atoms with E-state index in [9.17, 15) is 14.0 Å². The Morgan fingerprint density at radius 3 is 2.62 bits per heavy atom. The first-order valence-corrected chi connectivity index (χ1v) is 10.1. The van der Waals surface area contributed by atoms with Crippen LogP contribution in [0.1, 0.15) is 47.2 Å². The Labute approximate surface area is 174 Å². The summed E-state index contributed by atoms with van der Waals surface area (Å²) in [6.45, 7) is 1.89. The molecule has 0 spiro atoms. The van der Waals surface area contributed by atoms with Crippen LogP contribution in [0.15, 0.2) is 36.4 Å². The molecule has 1 saturated carbocycles. The minimum Gasteiger partial charge on any atom is -0.482 e. The second kappa shape index (κ2) is 7.79. The van der Waals surface area contributed by atoms with Crippen molar-refractivity contribution in [3.63, 3.8) is 0 Å². The molecule has 6 heteroatoms. The largest absolute Gasteiger partial charge is 0.482 e. The maximum atomic E-state index is 14.1. The first-order chi connectivity index (χ1) is 13.9. The predicted molar refractivity (Wildman–Crippen MR) is 107 cm³/mol. The van der Waals surface area contributed by atoms with Gasteiger partial charge in [-0.25, -0.2) is 4.39 Å². The summed E-state index contributed by atoms with van der Waals surface area (Å²) < 4.78 is 25.0. The fourth-order valence-corrected chi connectivity index (χ4v) is 4.38. The van der Waals surface area contributed by atoms with Crippen molar-refractivity contribution in [3.05, 3.63) is 63.9 Å². The van der Waals surface area contributed by atoms with Gasteiger partial charge in [0.1, 0.15) is 11.6 Å². The zero-order chi connectivity index (χ0) is 20.7. The Morgan fingerprint density at radius 2 is 1.97 bits per heavy atom. The molecular formula is C23H22ClFO4. The maximum absolute atomic E-state index is 14.1. The van der Waals surface area contributed by atoms with Gasteiger partial charge in [-0.3, -0.25) is 9.59 Å². The molecule has 1 aliphatic heterocycles. The van der Waals surface area contributed by atoms with E-state index in [0.29, 0.717) is 18.1 Å². The SMILES string of the molecule is COC(=O)[C@@H](C)[C@H](c1ccc2c(c1)OC(C(=O)c1ccc(Cl)cc1F)C2)C1CC1. The molecule has 1 fully saturated rings. The van der Waals surface area contributed by atoms with E-state index >= 15 is 0 Å². The number of methoxy groups -OCH3 is 1. The lowest BCUT2D eigenvalue weighted by Crippen LogP contribution is -2.26. The number of hydrogen-bond acceptors (Lipinski definition) is 4. The molecule has 1 aliphatic carbocycles. The Bertz CT molecular complexity index is 969. The van der Waals surface area contributed by atoms with Gasteiger partial charge in [-0.2, -0.15) is 0 Å². The third-order valence-electron chi connectivity index (χ3n) is 5.88. The highest BCUT2D eigenvalue weighted by atomic mass is 35.5. The topological polar surface area (TPSA) is 52.6 Å². The first-order valence-electron chi connectivity index (χ1n) is 9.75. The second-order valence-corrected chi connectivity index (χ2v) is 8.28. The molecule has 4 nitrogen and oxygen atoms in total. The molecule has 1 unspecified atom stereocenters. The lowest BCUT2D eigenvalue weighted by Gasteiger charge is -2.23. The number of rotatable bonds is 6. The van der Waals surface area contributed by atoms with E-state index in [1.807, 2.05) is 25.1 Å². The molecule has 4 rings (SSSR count). The quantitative estimate of drug-likeness (QED) is 0.493. The summed E-state index contributed by atoms with van der Waals surface area (Å²) in [6.07, 6.45) is 1.78. The van der Waals surface area contributed by atoms with Gasteiger partial charge in [-0.05, 0) is 60.1 Å².